The van der Waals surface area contributed by atoms with Crippen molar-refractivity contribution < 1.29 is 8.42 Å². The summed E-state index contributed by atoms with van der Waals surface area (Å²) in [5.41, 5.74) is 1.02. The highest BCUT2D eigenvalue weighted by molar-refractivity contribution is 14.0. The molecule has 0 unspecified atom stereocenters. The Morgan fingerprint density at radius 3 is 2.71 bits per heavy atom. The fourth-order valence-electron chi connectivity index (χ4n) is 2.55. The molecule has 1 aliphatic rings. The van der Waals surface area contributed by atoms with Crippen molar-refractivity contribution in [3.63, 3.8) is 0 Å². The van der Waals surface area contributed by atoms with Crippen LogP contribution in [0.2, 0.25) is 5.02 Å². The minimum atomic E-state index is -3.06. The lowest BCUT2D eigenvalue weighted by atomic mass is 10.2. The summed E-state index contributed by atoms with van der Waals surface area (Å²) in [5.74, 6) is 0.900. The lowest BCUT2D eigenvalue weighted by molar-refractivity contribution is 0.353. The molecule has 1 N–H and O–H groups in total. The molecule has 0 saturated carbocycles. The van der Waals surface area contributed by atoms with Gasteiger partial charge < -0.3 is 10.2 Å². The Kier molecular flexibility index (Phi) is 7.80. The third-order valence-corrected chi connectivity index (χ3v) is 6.75. The maximum absolute atomic E-state index is 12.1. The first-order chi connectivity index (χ1) is 10.7. The molecule has 1 aromatic carbocycles. The Hall–Kier alpha value is -0.540. The van der Waals surface area contributed by atoms with E-state index >= 15 is 0 Å². The van der Waals surface area contributed by atoms with Crippen molar-refractivity contribution in [2.24, 2.45) is 4.99 Å². The number of guanidine groups is 1. The van der Waals surface area contributed by atoms with Gasteiger partial charge in [0, 0.05) is 24.7 Å². The van der Waals surface area contributed by atoms with Crippen LogP contribution in [-0.2, 0) is 16.4 Å². The molecule has 1 saturated heterocycles. The van der Waals surface area contributed by atoms with Gasteiger partial charge in [0.15, 0.2) is 15.8 Å². The largest absolute Gasteiger partial charge is 0.357 e. The van der Waals surface area contributed by atoms with E-state index in [1.165, 1.54) is 0 Å². The van der Waals surface area contributed by atoms with Crippen LogP contribution in [0.5, 0.6) is 0 Å². The van der Waals surface area contributed by atoms with Gasteiger partial charge >= 0.3 is 0 Å². The van der Waals surface area contributed by atoms with Crippen LogP contribution in [0.15, 0.2) is 29.3 Å². The summed E-state index contributed by atoms with van der Waals surface area (Å²) in [6, 6.07) is 7.59. The molecule has 1 heterocycles. The monoisotopic (exact) mass is 485 g/mol. The maximum atomic E-state index is 12.1. The number of hydrogen-bond donors (Lipinski definition) is 1. The molecule has 1 fully saturated rings. The van der Waals surface area contributed by atoms with Gasteiger partial charge in [-0.05, 0) is 38.5 Å². The van der Waals surface area contributed by atoms with Crippen molar-refractivity contribution in [1.29, 1.82) is 0 Å². The van der Waals surface area contributed by atoms with E-state index < -0.39 is 14.6 Å². The molecule has 5 nitrogen and oxygen atoms in total. The van der Waals surface area contributed by atoms with Crippen LogP contribution in [-0.4, -0.2) is 49.4 Å². The Labute approximate surface area is 166 Å². The van der Waals surface area contributed by atoms with Crippen LogP contribution in [0.1, 0.15) is 26.3 Å². The number of nitrogens with one attached hydrogen (secondary N) is 1. The first kappa shape index (κ1) is 21.5. The van der Waals surface area contributed by atoms with E-state index in [1.807, 2.05) is 36.1 Å². The molecule has 8 heteroatoms. The molecule has 0 atom stereocenters. The Bertz CT molecular complexity index is 692. The highest BCUT2D eigenvalue weighted by Crippen LogP contribution is 2.23. The minimum Gasteiger partial charge on any atom is -0.357 e. The lowest BCUT2D eigenvalue weighted by Gasteiger charge is -2.39. The molecule has 0 bridgehead atoms. The zero-order valence-electron chi connectivity index (χ0n) is 14.3. The quantitative estimate of drug-likeness (QED) is 0.406. The van der Waals surface area contributed by atoms with Gasteiger partial charge in [-0.1, -0.05) is 23.7 Å². The molecule has 1 aromatic rings. The lowest BCUT2D eigenvalue weighted by Crippen LogP contribution is -2.57. The van der Waals surface area contributed by atoms with Gasteiger partial charge in [0.2, 0.25) is 0 Å². The van der Waals surface area contributed by atoms with Gasteiger partial charge in [0.05, 0.1) is 17.0 Å². The summed E-state index contributed by atoms with van der Waals surface area (Å²) in [7, 11) is -3.06. The molecule has 0 aliphatic carbocycles. The highest BCUT2D eigenvalue weighted by Gasteiger charge is 2.40. The SMILES string of the molecule is CCNC(=NCc1cccc(Cl)c1)N1CCS(=O)(=O)C(C)(C)C1.I. The zero-order valence-corrected chi connectivity index (χ0v) is 18.2. The highest BCUT2D eigenvalue weighted by atomic mass is 127. The third kappa shape index (κ3) is 5.23. The first-order valence-corrected chi connectivity index (χ1v) is 9.78. The summed E-state index contributed by atoms with van der Waals surface area (Å²) < 4.78 is 23.5. The second kappa shape index (κ2) is 8.71. The number of sulfone groups is 1. The van der Waals surface area contributed by atoms with E-state index in [0.717, 1.165) is 18.1 Å². The van der Waals surface area contributed by atoms with Crippen LogP contribution in [0.4, 0.5) is 0 Å². The Morgan fingerprint density at radius 1 is 1.42 bits per heavy atom. The molecule has 0 spiro atoms. The summed E-state index contributed by atoms with van der Waals surface area (Å²) >= 11 is 6.00. The van der Waals surface area contributed by atoms with Gasteiger partial charge in [-0.3, -0.25) is 0 Å². The average Bonchev–Trinajstić information content (AvgIpc) is 2.46. The first-order valence-electron chi connectivity index (χ1n) is 7.75. The molecular formula is C16H25ClIN3O2S. The van der Waals surface area contributed by atoms with Gasteiger partial charge in [-0.15, -0.1) is 24.0 Å². The summed E-state index contributed by atoms with van der Waals surface area (Å²) in [6.45, 7) is 7.69. The van der Waals surface area contributed by atoms with Crippen LogP contribution >= 0.6 is 35.6 Å². The molecular weight excluding hydrogens is 461 g/mol. The number of aliphatic imine (C=N–C) groups is 1. The third-order valence-electron chi connectivity index (χ3n) is 3.98. The van der Waals surface area contributed by atoms with Gasteiger partial charge in [-0.25, -0.2) is 13.4 Å². The molecule has 0 aromatic heterocycles. The van der Waals surface area contributed by atoms with E-state index in [9.17, 15) is 8.42 Å². The number of hydrogen-bond acceptors (Lipinski definition) is 3. The minimum absolute atomic E-state index is 0. The summed E-state index contributed by atoms with van der Waals surface area (Å²) in [6.07, 6.45) is 0. The smallest absolute Gasteiger partial charge is 0.194 e. The van der Waals surface area contributed by atoms with Crippen molar-refractivity contribution in [2.45, 2.75) is 32.1 Å². The Balaban J connectivity index is 0.00000288. The van der Waals surface area contributed by atoms with Crippen molar-refractivity contribution in [1.82, 2.24) is 10.2 Å². The van der Waals surface area contributed by atoms with Gasteiger partial charge in [0.1, 0.15) is 0 Å². The average molecular weight is 486 g/mol. The van der Waals surface area contributed by atoms with Crippen molar-refractivity contribution in [3.8, 4) is 0 Å². The van der Waals surface area contributed by atoms with Crippen LogP contribution in [0.25, 0.3) is 0 Å². The van der Waals surface area contributed by atoms with Gasteiger partial charge in [0.25, 0.3) is 0 Å². The van der Waals surface area contributed by atoms with Crippen molar-refractivity contribution >= 4 is 51.4 Å². The molecule has 1 aliphatic heterocycles. The number of rotatable bonds is 3. The summed E-state index contributed by atoms with van der Waals surface area (Å²) in [4.78, 5) is 6.66. The van der Waals surface area contributed by atoms with E-state index in [2.05, 4.69) is 10.3 Å². The fourth-order valence-corrected chi connectivity index (χ4v) is 4.13. The fraction of sp³-hybridized carbons (Fsp3) is 0.562. The molecule has 24 heavy (non-hydrogen) atoms. The predicted molar refractivity (Wildman–Crippen MR) is 111 cm³/mol. The summed E-state index contributed by atoms with van der Waals surface area (Å²) in [5, 5.41) is 3.94. The van der Waals surface area contributed by atoms with E-state index in [1.54, 1.807) is 13.8 Å². The number of benzene rings is 1. The van der Waals surface area contributed by atoms with Crippen molar-refractivity contribution in [2.75, 3.05) is 25.4 Å². The molecule has 0 amide bonds. The second-order valence-electron chi connectivity index (χ2n) is 6.30. The Morgan fingerprint density at radius 2 is 2.12 bits per heavy atom. The van der Waals surface area contributed by atoms with E-state index in [4.69, 9.17) is 11.6 Å². The molecule has 2 rings (SSSR count). The molecule has 136 valence electrons. The van der Waals surface area contributed by atoms with E-state index in [-0.39, 0.29) is 29.7 Å². The number of nitrogens with zero attached hydrogens (tertiary/aromatic N) is 2. The maximum Gasteiger partial charge on any atom is 0.194 e. The van der Waals surface area contributed by atoms with Crippen LogP contribution < -0.4 is 5.32 Å². The topological polar surface area (TPSA) is 61.8 Å². The van der Waals surface area contributed by atoms with E-state index in [0.29, 0.717) is 24.7 Å². The van der Waals surface area contributed by atoms with Crippen LogP contribution in [0, 0.1) is 0 Å². The number of halogens is 2. The second-order valence-corrected chi connectivity index (χ2v) is 9.48. The van der Waals surface area contributed by atoms with Crippen molar-refractivity contribution in [3.05, 3.63) is 34.9 Å². The standard InChI is InChI=1S/C16H24ClN3O2S.HI/c1-4-18-15(19-11-13-6-5-7-14(17)10-13)20-8-9-23(21,22)16(2,3)12-20;/h5-7,10H,4,8-9,11-12H2,1-3H3,(H,18,19);1H. The zero-order chi connectivity index (χ0) is 17.1. The predicted octanol–water partition coefficient (Wildman–Crippen LogP) is 2.93. The molecule has 0 radical (unpaired) electrons. The van der Waals surface area contributed by atoms with Gasteiger partial charge in [-0.2, -0.15) is 0 Å². The van der Waals surface area contributed by atoms with Crippen LogP contribution in [0.3, 0.4) is 0 Å². The normalized spacial score (nSPS) is 19.5.